The normalized spacial score (nSPS) is 16.0. The molecule has 2 rings (SSSR count). The van der Waals surface area contributed by atoms with Crippen LogP contribution in [0.5, 0.6) is 0 Å². The van der Waals surface area contributed by atoms with Gasteiger partial charge in [-0.2, -0.15) is 0 Å². The van der Waals surface area contributed by atoms with Crippen LogP contribution in [0.1, 0.15) is 28.8 Å². The Kier molecular flexibility index (Phi) is 5.64. The number of amides is 1. The van der Waals surface area contributed by atoms with E-state index in [4.69, 9.17) is 4.74 Å². The zero-order valence-corrected chi connectivity index (χ0v) is 12.0. The fourth-order valence-electron chi connectivity index (χ4n) is 2.31. The van der Waals surface area contributed by atoms with Gasteiger partial charge in [0.05, 0.1) is 12.7 Å². The largest absolute Gasteiger partial charge is 0.376 e. The van der Waals surface area contributed by atoms with Crippen LogP contribution in [0.15, 0.2) is 12.1 Å². The van der Waals surface area contributed by atoms with Crippen molar-refractivity contribution in [2.75, 3.05) is 26.2 Å². The number of halogens is 2. The fourth-order valence-corrected chi connectivity index (χ4v) is 2.31. The molecule has 1 fully saturated rings. The van der Waals surface area contributed by atoms with E-state index in [-0.39, 0.29) is 18.2 Å². The molecule has 6 heteroatoms. The van der Waals surface area contributed by atoms with E-state index >= 15 is 0 Å². The molecule has 0 saturated carbocycles. The Bertz CT molecular complexity index is 503. The number of nitrogens with one attached hydrogen (secondary N) is 2. The van der Waals surface area contributed by atoms with Gasteiger partial charge in [-0.25, -0.2) is 8.78 Å². The molecular weight excluding hydrogens is 278 g/mol. The van der Waals surface area contributed by atoms with E-state index < -0.39 is 23.1 Å². The monoisotopic (exact) mass is 298 g/mol. The molecule has 1 aromatic rings. The number of carbonyl (C=O) groups excluding carboxylic acids is 1. The molecular formula is C15H20F2N2O2. The molecule has 0 spiro atoms. The first-order chi connectivity index (χ1) is 10.1. The van der Waals surface area contributed by atoms with Crippen LogP contribution in [-0.2, 0) is 4.74 Å². The van der Waals surface area contributed by atoms with Gasteiger partial charge in [-0.05, 0) is 44.5 Å². The highest BCUT2D eigenvalue weighted by Crippen LogP contribution is 2.16. The number of rotatable bonds is 5. The molecule has 1 amide bonds. The number of ether oxygens (including phenoxy) is 1. The molecule has 21 heavy (non-hydrogen) atoms. The van der Waals surface area contributed by atoms with E-state index in [1.807, 2.05) is 0 Å². The molecule has 1 aliphatic rings. The summed E-state index contributed by atoms with van der Waals surface area (Å²) in [6, 6.07) is 2.40. The highest BCUT2D eigenvalue weighted by atomic mass is 19.1. The third kappa shape index (κ3) is 4.22. The van der Waals surface area contributed by atoms with Gasteiger partial charge in [0.2, 0.25) is 0 Å². The molecule has 0 unspecified atom stereocenters. The maximum absolute atomic E-state index is 13.8. The van der Waals surface area contributed by atoms with Crippen LogP contribution >= 0.6 is 0 Å². The van der Waals surface area contributed by atoms with E-state index in [1.54, 1.807) is 0 Å². The third-order valence-corrected chi connectivity index (χ3v) is 3.54. The lowest BCUT2D eigenvalue weighted by Gasteiger charge is -2.22. The summed E-state index contributed by atoms with van der Waals surface area (Å²) < 4.78 is 32.9. The molecule has 1 aromatic carbocycles. The van der Waals surface area contributed by atoms with Crippen molar-refractivity contribution in [3.05, 3.63) is 34.9 Å². The minimum Gasteiger partial charge on any atom is -0.376 e. The second-order valence-corrected chi connectivity index (χ2v) is 5.13. The van der Waals surface area contributed by atoms with Crippen LogP contribution in [0.3, 0.4) is 0 Å². The van der Waals surface area contributed by atoms with E-state index in [0.29, 0.717) is 6.61 Å². The minimum atomic E-state index is -0.852. The molecule has 1 heterocycles. The van der Waals surface area contributed by atoms with Crippen LogP contribution in [-0.4, -0.2) is 38.3 Å². The Morgan fingerprint density at radius 1 is 1.38 bits per heavy atom. The lowest BCUT2D eigenvalue weighted by molar-refractivity contribution is 0.0343. The quantitative estimate of drug-likeness (QED) is 0.815. The Balaban J connectivity index is 1.81. The summed E-state index contributed by atoms with van der Waals surface area (Å²) in [4.78, 5) is 11.8. The summed E-state index contributed by atoms with van der Waals surface area (Å²) in [6.07, 6.45) is 2.07. The summed E-state index contributed by atoms with van der Waals surface area (Å²) >= 11 is 0. The van der Waals surface area contributed by atoms with Gasteiger partial charge in [-0.1, -0.05) is 6.07 Å². The van der Waals surface area contributed by atoms with Crippen LogP contribution < -0.4 is 10.6 Å². The Morgan fingerprint density at radius 2 is 2.10 bits per heavy atom. The lowest BCUT2D eigenvalue weighted by atomic mass is 10.1. The van der Waals surface area contributed by atoms with E-state index in [0.717, 1.165) is 32.0 Å². The molecule has 1 saturated heterocycles. The molecule has 2 N–H and O–H groups in total. The first-order valence-electron chi connectivity index (χ1n) is 7.14. The highest BCUT2D eigenvalue weighted by Gasteiger charge is 2.19. The number of hydrogen-bond donors (Lipinski definition) is 2. The van der Waals surface area contributed by atoms with Gasteiger partial charge in [0.15, 0.2) is 0 Å². The predicted octanol–water partition coefficient (Wildman–Crippen LogP) is 1.77. The van der Waals surface area contributed by atoms with Gasteiger partial charge in [-0.3, -0.25) is 4.79 Å². The van der Waals surface area contributed by atoms with Crippen molar-refractivity contribution in [3.63, 3.8) is 0 Å². The maximum Gasteiger partial charge on any atom is 0.257 e. The maximum atomic E-state index is 13.8. The number of carbonyl (C=O) groups is 1. The van der Waals surface area contributed by atoms with Crippen LogP contribution in [0.4, 0.5) is 8.78 Å². The number of benzene rings is 1. The summed E-state index contributed by atoms with van der Waals surface area (Å²) in [6.45, 7) is 3.92. The summed E-state index contributed by atoms with van der Waals surface area (Å²) in [5.74, 6) is -2.41. The van der Waals surface area contributed by atoms with Crippen molar-refractivity contribution in [2.24, 2.45) is 0 Å². The molecule has 1 aliphatic heterocycles. The van der Waals surface area contributed by atoms with Crippen LogP contribution in [0, 0.1) is 18.6 Å². The van der Waals surface area contributed by atoms with Gasteiger partial charge >= 0.3 is 0 Å². The summed E-state index contributed by atoms with van der Waals surface area (Å²) in [5.41, 5.74) is -0.288. The van der Waals surface area contributed by atoms with E-state index in [1.165, 1.54) is 13.0 Å². The predicted molar refractivity (Wildman–Crippen MR) is 75.3 cm³/mol. The smallest absolute Gasteiger partial charge is 0.257 e. The zero-order chi connectivity index (χ0) is 15.2. The second-order valence-electron chi connectivity index (χ2n) is 5.13. The average molecular weight is 298 g/mol. The Morgan fingerprint density at radius 3 is 2.81 bits per heavy atom. The summed E-state index contributed by atoms with van der Waals surface area (Å²) in [5, 5.41) is 5.72. The highest BCUT2D eigenvalue weighted by molar-refractivity contribution is 5.94. The molecule has 4 nitrogen and oxygen atoms in total. The van der Waals surface area contributed by atoms with Crippen molar-refractivity contribution in [3.8, 4) is 0 Å². The molecule has 0 bridgehead atoms. The average Bonchev–Trinajstić information content (AvgIpc) is 2.49. The third-order valence-electron chi connectivity index (χ3n) is 3.54. The van der Waals surface area contributed by atoms with Crippen molar-refractivity contribution < 1.29 is 18.3 Å². The van der Waals surface area contributed by atoms with Gasteiger partial charge in [0, 0.05) is 6.54 Å². The van der Waals surface area contributed by atoms with Gasteiger partial charge in [0.1, 0.15) is 17.2 Å². The van der Waals surface area contributed by atoms with Crippen molar-refractivity contribution in [2.45, 2.75) is 25.9 Å². The Hall–Kier alpha value is -1.53. The number of hydrogen-bond acceptors (Lipinski definition) is 3. The molecule has 0 aromatic heterocycles. The van der Waals surface area contributed by atoms with Crippen molar-refractivity contribution in [1.82, 2.24) is 10.6 Å². The molecule has 0 atom stereocenters. The standard InChI is InChI=1S/C15H20F2N2O2/c1-10-2-3-12(16)13(14(10)17)15(20)19-8-9-21-11-4-6-18-7-5-11/h2-3,11,18H,4-9H2,1H3,(H,19,20). The van der Waals surface area contributed by atoms with E-state index in [2.05, 4.69) is 10.6 Å². The van der Waals surface area contributed by atoms with Crippen molar-refractivity contribution in [1.29, 1.82) is 0 Å². The SMILES string of the molecule is Cc1ccc(F)c(C(=O)NCCOC2CCNCC2)c1F. The number of aryl methyl sites for hydroxylation is 1. The fraction of sp³-hybridized carbons (Fsp3) is 0.533. The van der Waals surface area contributed by atoms with Crippen LogP contribution in [0.25, 0.3) is 0 Å². The Labute approximate surface area is 122 Å². The zero-order valence-electron chi connectivity index (χ0n) is 12.0. The molecule has 0 radical (unpaired) electrons. The van der Waals surface area contributed by atoms with Crippen LogP contribution in [0.2, 0.25) is 0 Å². The first-order valence-corrected chi connectivity index (χ1v) is 7.14. The van der Waals surface area contributed by atoms with E-state index in [9.17, 15) is 13.6 Å². The lowest BCUT2D eigenvalue weighted by Crippen LogP contribution is -2.35. The molecule has 0 aliphatic carbocycles. The topological polar surface area (TPSA) is 50.4 Å². The molecule has 116 valence electrons. The summed E-state index contributed by atoms with van der Waals surface area (Å²) in [7, 11) is 0. The second kappa shape index (κ2) is 7.47. The number of piperidine rings is 1. The van der Waals surface area contributed by atoms with Gasteiger partial charge in [0.25, 0.3) is 5.91 Å². The van der Waals surface area contributed by atoms with Gasteiger partial charge in [-0.15, -0.1) is 0 Å². The first kappa shape index (κ1) is 15.9. The van der Waals surface area contributed by atoms with Crippen molar-refractivity contribution >= 4 is 5.91 Å². The minimum absolute atomic E-state index is 0.190. The van der Waals surface area contributed by atoms with Gasteiger partial charge < -0.3 is 15.4 Å².